The van der Waals surface area contributed by atoms with Crippen LogP contribution < -0.4 is 5.32 Å². The number of carbonyl (C=O) groups is 1. The Morgan fingerprint density at radius 2 is 2.00 bits per heavy atom. The zero-order valence-corrected chi connectivity index (χ0v) is 8.46. The fourth-order valence-corrected chi connectivity index (χ4v) is 1.86. The van der Waals surface area contributed by atoms with Crippen molar-refractivity contribution in [3.8, 4) is 0 Å². The third kappa shape index (κ3) is 2.00. The predicted octanol–water partition coefficient (Wildman–Crippen LogP) is 0.564. The molecule has 0 atom stereocenters. The molecule has 2 aliphatic rings. The summed E-state index contributed by atoms with van der Waals surface area (Å²) in [5.74, 6) is 0. The van der Waals surface area contributed by atoms with Crippen molar-refractivity contribution in [2.75, 3.05) is 26.2 Å². The Balaban J connectivity index is 1.72. The van der Waals surface area contributed by atoms with Gasteiger partial charge in [-0.15, -0.1) is 0 Å². The Kier molecular flexibility index (Phi) is 2.63. The van der Waals surface area contributed by atoms with Gasteiger partial charge in [-0.3, -0.25) is 0 Å². The Hall–Kier alpha value is -0.770. The lowest BCUT2D eigenvalue weighted by atomic mass is 10.1. The molecule has 1 aliphatic heterocycles. The van der Waals surface area contributed by atoms with E-state index in [0.29, 0.717) is 6.54 Å². The molecule has 80 valence electrons. The number of amides is 2. The lowest BCUT2D eigenvalue weighted by Gasteiger charge is -2.19. The second-order valence-corrected chi connectivity index (χ2v) is 4.51. The first-order valence-electron chi connectivity index (χ1n) is 5.39. The van der Waals surface area contributed by atoms with Crippen molar-refractivity contribution in [3.05, 3.63) is 0 Å². The molecule has 2 amide bonds. The van der Waals surface area contributed by atoms with Crippen LogP contribution in [-0.4, -0.2) is 42.3 Å². The number of nitrogens with zero attached hydrogens (tertiary/aromatic N) is 1. The average molecular weight is 198 g/mol. The molecule has 4 nitrogen and oxygen atoms in total. The van der Waals surface area contributed by atoms with Gasteiger partial charge in [0.05, 0.1) is 6.61 Å². The fourth-order valence-electron chi connectivity index (χ4n) is 1.86. The van der Waals surface area contributed by atoms with Gasteiger partial charge in [-0.1, -0.05) is 0 Å². The van der Waals surface area contributed by atoms with Crippen LogP contribution in [0.15, 0.2) is 0 Å². The topological polar surface area (TPSA) is 52.6 Å². The average Bonchev–Trinajstić information content (AvgIpc) is 2.78. The first-order chi connectivity index (χ1) is 6.76. The van der Waals surface area contributed by atoms with Crippen LogP contribution in [0, 0.1) is 5.41 Å². The van der Waals surface area contributed by atoms with Gasteiger partial charge in [-0.25, -0.2) is 4.79 Å². The van der Waals surface area contributed by atoms with Crippen molar-refractivity contribution >= 4 is 6.03 Å². The highest BCUT2D eigenvalue weighted by Crippen LogP contribution is 2.44. The predicted molar refractivity (Wildman–Crippen MR) is 53.0 cm³/mol. The van der Waals surface area contributed by atoms with Gasteiger partial charge in [0.25, 0.3) is 0 Å². The number of hydrogen-bond acceptors (Lipinski definition) is 2. The molecular weight excluding hydrogens is 180 g/mol. The van der Waals surface area contributed by atoms with Crippen molar-refractivity contribution in [2.24, 2.45) is 5.41 Å². The van der Waals surface area contributed by atoms with Crippen molar-refractivity contribution < 1.29 is 9.90 Å². The molecule has 0 aromatic heterocycles. The molecule has 1 saturated carbocycles. The van der Waals surface area contributed by atoms with Crippen LogP contribution >= 0.6 is 0 Å². The molecule has 4 heteroatoms. The van der Waals surface area contributed by atoms with Gasteiger partial charge >= 0.3 is 6.03 Å². The molecule has 0 spiro atoms. The summed E-state index contributed by atoms with van der Waals surface area (Å²) < 4.78 is 0. The van der Waals surface area contributed by atoms with Gasteiger partial charge in [-0.05, 0) is 25.7 Å². The fraction of sp³-hybridized carbons (Fsp3) is 0.900. The van der Waals surface area contributed by atoms with Crippen LogP contribution in [0.1, 0.15) is 25.7 Å². The highest BCUT2D eigenvalue weighted by Gasteiger charge is 2.42. The number of aliphatic hydroxyl groups is 1. The van der Waals surface area contributed by atoms with E-state index in [-0.39, 0.29) is 18.1 Å². The first-order valence-corrected chi connectivity index (χ1v) is 5.39. The number of aliphatic hydroxyl groups excluding tert-OH is 1. The van der Waals surface area contributed by atoms with E-state index in [2.05, 4.69) is 5.32 Å². The van der Waals surface area contributed by atoms with Crippen molar-refractivity contribution in [3.63, 3.8) is 0 Å². The molecule has 0 aromatic carbocycles. The van der Waals surface area contributed by atoms with Crippen LogP contribution in [0.5, 0.6) is 0 Å². The third-order valence-electron chi connectivity index (χ3n) is 3.30. The molecule has 0 radical (unpaired) electrons. The van der Waals surface area contributed by atoms with Crippen molar-refractivity contribution in [1.82, 2.24) is 10.2 Å². The molecule has 14 heavy (non-hydrogen) atoms. The zero-order chi connectivity index (χ0) is 10.0. The Morgan fingerprint density at radius 1 is 1.36 bits per heavy atom. The standard InChI is InChI=1S/C10H18N2O2/c13-8-10(3-4-10)7-11-9(14)12-5-1-2-6-12/h13H,1-8H2,(H,11,14). The molecule has 2 N–H and O–H groups in total. The molecule has 0 aromatic rings. The monoisotopic (exact) mass is 198 g/mol. The number of hydrogen-bond donors (Lipinski definition) is 2. The zero-order valence-electron chi connectivity index (χ0n) is 8.46. The second-order valence-electron chi connectivity index (χ2n) is 4.51. The van der Waals surface area contributed by atoms with Gasteiger partial charge in [0.1, 0.15) is 0 Å². The molecule has 1 heterocycles. The summed E-state index contributed by atoms with van der Waals surface area (Å²) in [4.78, 5) is 13.4. The van der Waals surface area contributed by atoms with Crippen molar-refractivity contribution in [1.29, 1.82) is 0 Å². The van der Waals surface area contributed by atoms with Gasteiger partial charge in [0.2, 0.25) is 0 Å². The Bertz CT molecular complexity index is 220. The maximum atomic E-state index is 11.6. The van der Waals surface area contributed by atoms with Gasteiger partial charge in [-0.2, -0.15) is 0 Å². The number of urea groups is 1. The minimum Gasteiger partial charge on any atom is -0.396 e. The minimum absolute atomic E-state index is 0.0232. The van der Waals surface area contributed by atoms with Gasteiger partial charge in [0.15, 0.2) is 0 Å². The minimum atomic E-state index is 0.0232. The quantitative estimate of drug-likeness (QED) is 0.696. The second kappa shape index (κ2) is 3.77. The van der Waals surface area contributed by atoms with Crippen LogP contribution in [0.25, 0.3) is 0 Å². The maximum Gasteiger partial charge on any atom is 0.317 e. The normalized spacial score (nSPS) is 23.6. The summed E-state index contributed by atoms with van der Waals surface area (Å²) in [6.45, 7) is 2.61. The summed E-state index contributed by atoms with van der Waals surface area (Å²) in [5.41, 5.74) is 0.0232. The summed E-state index contributed by atoms with van der Waals surface area (Å²) >= 11 is 0. The van der Waals surface area contributed by atoms with E-state index in [1.54, 1.807) is 0 Å². The van der Waals surface area contributed by atoms with E-state index in [1.807, 2.05) is 4.90 Å². The SMILES string of the molecule is O=C(NCC1(CO)CC1)N1CCCC1. The van der Waals surface area contributed by atoms with E-state index >= 15 is 0 Å². The van der Waals surface area contributed by atoms with E-state index in [0.717, 1.165) is 38.8 Å². The van der Waals surface area contributed by atoms with E-state index in [9.17, 15) is 4.79 Å². The summed E-state index contributed by atoms with van der Waals surface area (Å²) in [5, 5.41) is 12.0. The Morgan fingerprint density at radius 3 is 2.50 bits per heavy atom. The highest BCUT2D eigenvalue weighted by molar-refractivity contribution is 5.74. The first kappa shape index (κ1) is 9.77. The smallest absolute Gasteiger partial charge is 0.317 e. The molecule has 2 fully saturated rings. The number of likely N-dealkylation sites (tertiary alicyclic amines) is 1. The summed E-state index contributed by atoms with van der Waals surface area (Å²) in [7, 11) is 0. The Labute approximate surface area is 84.3 Å². The van der Waals surface area contributed by atoms with Gasteiger partial charge in [0, 0.05) is 25.0 Å². The number of nitrogens with one attached hydrogen (secondary N) is 1. The van der Waals surface area contributed by atoms with Crippen molar-refractivity contribution in [2.45, 2.75) is 25.7 Å². The van der Waals surface area contributed by atoms with Crippen LogP contribution in [0.3, 0.4) is 0 Å². The summed E-state index contributed by atoms with van der Waals surface area (Å²) in [6, 6.07) is 0.0437. The molecular formula is C10H18N2O2. The maximum absolute atomic E-state index is 11.6. The highest BCUT2D eigenvalue weighted by atomic mass is 16.3. The van der Waals surface area contributed by atoms with Crippen LogP contribution in [-0.2, 0) is 0 Å². The van der Waals surface area contributed by atoms with E-state index < -0.39 is 0 Å². The molecule has 1 aliphatic carbocycles. The van der Waals surface area contributed by atoms with Crippen LogP contribution in [0.4, 0.5) is 4.79 Å². The van der Waals surface area contributed by atoms with Crippen LogP contribution in [0.2, 0.25) is 0 Å². The molecule has 2 rings (SSSR count). The lowest BCUT2D eigenvalue weighted by Crippen LogP contribution is -2.41. The molecule has 0 unspecified atom stereocenters. The summed E-state index contributed by atoms with van der Waals surface area (Å²) in [6.07, 6.45) is 4.34. The number of rotatable bonds is 3. The van der Waals surface area contributed by atoms with E-state index in [1.165, 1.54) is 0 Å². The number of carbonyl (C=O) groups excluding carboxylic acids is 1. The molecule has 1 saturated heterocycles. The lowest BCUT2D eigenvalue weighted by molar-refractivity contribution is 0.189. The van der Waals surface area contributed by atoms with Gasteiger partial charge < -0.3 is 15.3 Å². The largest absolute Gasteiger partial charge is 0.396 e. The van der Waals surface area contributed by atoms with E-state index in [4.69, 9.17) is 5.11 Å². The third-order valence-corrected chi connectivity index (χ3v) is 3.30. The molecule has 0 bridgehead atoms.